The molecule has 118 valence electrons. The number of Topliss-reactive ketones (excluding diaryl/α,β-unsaturated/α-hetero) is 2. The minimum absolute atomic E-state index is 0.0751. The highest BCUT2D eigenvalue weighted by molar-refractivity contribution is 9.08. The number of benzene rings is 2. The maximum Gasteiger partial charge on any atom is 0.203 e. The fraction of sp³-hybridized carbons (Fsp3) is 0.222. The monoisotopic (exact) mass is 374 g/mol. The van der Waals surface area contributed by atoms with Gasteiger partial charge in [0.2, 0.25) is 11.6 Å². The number of carbonyl (C=O) groups excluding carboxylic acids is 2. The zero-order valence-electron chi connectivity index (χ0n) is 12.6. The molecule has 0 fully saturated rings. The molecule has 0 spiro atoms. The highest BCUT2D eigenvalue weighted by Gasteiger charge is 2.21. The van der Waals surface area contributed by atoms with E-state index in [4.69, 9.17) is 9.47 Å². The maximum atomic E-state index is 11.1. The number of halogens is 1. The molecule has 0 saturated heterocycles. The molecule has 4 nitrogen and oxygen atoms in total. The molecule has 2 aliphatic rings. The highest BCUT2D eigenvalue weighted by Crippen LogP contribution is 2.27. The summed E-state index contributed by atoms with van der Waals surface area (Å²) < 4.78 is 10.3. The summed E-state index contributed by atoms with van der Waals surface area (Å²) >= 11 is 3.34. The molecule has 2 heterocycles. The topological polar surface area (TPSA) is 52.6 Å². The average Bonchev–Trinajstić information content (AvgIpc) is 3.11. The van der Waals surface area contributed by atoms with Crippen LogP contribution < -0.4 is 9.47 Å². The van der Waals surface area contributed by atoms with Crippen molar-refractivity contribution >= 4 is 27.5 Å². The minimum atomic E-state index is 0.0751. The van der Waals surface area contributed by atoms with Gasteiger partial charge in [0.15, 0.2) is 13.2 Å². The van der Waals surface area contributed by atoms with E-state index in [0.717, 1.165) is 33.5 Å². The van der Waals surface area contributed by atoms with Crippen molar-refractivity contribution < 1.29 is 19.1 Å². The van der Waals surface area contributed by atoms with Gasteiger partial charge in [0.25, 0.3) is 0 Å². The molecule has 2 aromatic carbocycles. The molecule has 2 aliphatic heterocycles. The van der Waals surface area contributed by atoms with Gasteiger partial charge in [0.1, 0.15) is 11.5 Å². The smallest absolute Gasteiger partial charge is 0.203 e. The molecular weight excluding hydrogens is 360 g/mol. The van der Waals surface area contributed by atoms with Gasteiger partial charge in [-0.3, -0.25) is 9.59 Å². The molecule has 0 atom stereocenters. The summed E-state index contributed by atoms with van der Waals surface area (Å²) in [4.78, 5) is 22.2. The first-order valence-electron chi connectivity index (χ1n) is 7.20. The molecule has 2 aromatic rings. The van der Waals surface area contributed by atoms with E-state index in [-0.39, 0.29) is 24.8 Å². The van der Waals surface area contributed by atoms with Crippen LogP contribution in [0.2, 0.25) is 0 Å². The molecule has 0 aromatic heterocycles. The fourth-order valence-corrected chi connectivity index (χ4v) is 2.77. The zero-order chi connectivity index (χ0) is 16.4. The van der Waals surface area contributed by atoms with Crippen LogP contribution in [0.1, 0.15) is 31.8 Å². The van der Waals surface area contributed by atoms with Gasteiger partial charge < -0.3 is 9.47 Å². The SMILES string of the molecule is Cc1ccc2c(c1)OCC2=O.O=C1COc2cc(CBr)ccc21. The molecule has 0 N–H and O–H groups in total. The summed E-state index contributed by atoms with van der Waals surface area (Å²) in [5, 5.41) is 0.790. The van der Waals surface area contributed by atoms with E-state index in [2.05, 4.69) is 15.9 Å². The van der Waals surface area contributed by atoms with Crippen molar-refractivity contribution in [3.63, 3.8) is 0 Å². The molecule has 23 heavy (non-hydrogen) atoms. The van der Waals surface area contributed by atoms with Crippen LogP contribution in [-0.4, -0.2) is 24.8 Å². The first-order chi connectivity index (χ1) is 11.1. The van der Waals surface area contributed by atoms with Gasteiger partial charge in [0.05, 0.1) is 11.1 Å². The summed E-state index contributed by atoms with van der Waals surface area (Å²) in [6, 6.07) is 11.3. The third-order valence-electron chi connectivity index (χ3n) is 3.66. The summed E-state index contributed by atoms with van der Waals surface area (Å²) in [6.45, 7) is 2.38. The van der Waals surface area contributed by atoms with Crippen molar-refractivity contribution in [2.75, 3.05) is 13.2 Å². The van der Waals surface area contributed by atoms with Crippen molar-refractivity contribution in [3.05, 3.63) is 58.7 Å². The Labute approximate surface area is 142 Å². The van der Waals surface area contributed by atoms with Crippen molar-refractivity contribution in [1.82, 2.24) is 0 Å². The molecule has 0 amide bonds. The number of hydrogen-bond acceptors (Lipinski definition) is 4. The van der Waals surface area contributed by atoms with Gasteiger partial charge in [-0.05, 0) is 42.3 Å². The molecule has 4 rings (SSSR count). The Morgan fingerprint density at radius 1 is 0.913 bits per heavy atom. The quantitative estimate of drug-likeness (QED) is 0.713. The number of aryl methyl sites for hydroxylation is 1. The first kappa shape index (κ1) is 15.7. The zero-order valence-corrected chi connectivity index (χ0v) is 14.2. The predicted octanol–water partition coefficient (Wildman–Crippen LogP) is 3.73. The Morgan fingerprint density at radius 2 is 1.48 bits per heavy atom. The summed E-state index contributed by atoms with van der Waals surface area (Å²) in [5.74, 6) is 1.61. The number of hydrogen-bond donors (Lipinski definition) is 0. The second-order valence-electron chi connectivity index (χ2n) is 5.39. The largest absolute Gasteiger partial charge is 0.485 e. The van der Waals surface area contributed by atoms with Gasteiger partial charge >= 0.3 is 0 Å². The van der Waals surface area contributed by atoms with Gasteiger partial charge in [-0.2, -0.15) is 0 Å². The van der Waals surface area contributed by atoms with Gasteiger partial charge in [-0.1, -0.05) is 28.1 Å². The Kier molecular flexibility index (Phi) is 4.48. The fourth-order valence-electron chi connectivity index (χ4n) is 2.42. The van der Waals surface area contributed by atoms with Crippen LogP contribution in [0.15, 0.2) is 36.4 Å². The third-order valence-corrected chi connectivity index (χ3v) is 4.30. The Morgan fingerprint density at radius 3 is 2.09 bits per heavy atom. The Balaban J connectivity index is 0.000000136. The van der Waals surface area contributed by atoms with E-state index in [0.29, 0.717) is 5.56 Å². The van der Waals surface area contributed by atoms with Crippen molar-refractivity contribution in [1.29, 1.82) is 0 Å². The molecule has 0 radical (unpaired) electrons. The highest BCUT2D eigenvalue weighted by atomic mass is 79.9. The van der Waals surface area contributed by atoms with E-state index >= 15 is 0 Å². The molecule has 0 unspecified atom stereocenters. The van der Waals surface area contributed by atoms with Crippen LogP contribution in [-0.2, 0) is 5.33 Å². The lowest BCUT2D eigenvalue weighted by atomic mass is 10.1. The lowest BCUT2D eigenvalue weighted by molar-refractivity contribution is 0.0954. The standard InChI is InChI=1S/C9H7BrO2.C9H8O2/c10-4-6-1-2-7-8(11)5-12-9(7)3-6;1-6-2-3-7-8(10)5-11-9(7)4-6/h1-3H,4-5H2;2-4H,5H2,1H3. The van der Waals surface area contributed by atoms with Crippen LogP contribution in [0.25, 0.3) is 0 Å². The lowest BCUT2D eigenvalue weighted by Gasteiger charge is -1.98. The summed E-state index contributed by atoms with van der Waals surface area (Å²) in [6.07, 6.45) is 0. The average molecular weight is 375 g/mol. The Bertz CT molecular complexity index is 783. The maximum absolute atomic E-state index is 11.1. The van der Waals surface area contributed by atoms with E-state index in [1.165, 1.54) is 0 Å². The van der Waals surface area contributed by atoms with Crippen LogP contribution in [0.3, 0.4) is 0 Å². The third kappa shape index (κ3) is 3.29. The van der Waals surface area contributed by atoms with Crippen LogP contribution in [0, 0.1) is 6.92 Å². The molecule has 0 saturated carbocycles. The van der Waals surface area contributed by atoms with E-state index in [1.807, 2.05) is 43.3 Å². The van der Waals surface area contributed by atoms with E-state index in [9.17, 15) is 9.59 Å². The van der Waals surface area contributed by atoms with Crippen LogP contribution in [0.4, 0.5) is 0 Å². The number of alkyl halides is 1. The molecule has 0 aliphatic carbocycles. The molecular formula is C18H15BrO4. The summed E-state index contributed by atoms with van der Waals surface area (Å²) in [7, 11) is 0. The number of carbonyl (C=O) groups is 2. The second-order valence-corrected chi connectivity index (χ2v) is 5.95. The van der Waals surface area contributed by atoms with E-state index < -0.39 is 0 Å². The van der Waals surface area contributed by atoms with Gasteiger partial charge in [-0.25, -0.2) is 0 Å². The number of fused-ring (bicyclic) bond motifs is 2. The van der Waals surface area contributed by atoms with Crippen molar-refractivity contribution in [2.45, 2.75) is 12.3 Å². The predicted molar refractivity (Wildman–Crippen MR) is 89.9 cm³/mol. The summed E-state index contributed by atoms with van der Waals surface area (Å²) in [5.41, 5.74) is 3.68. The lowest BCUT2D eigenvalue weighted by Crippen LogP contribution is -1.98. The number of rotatable bonds is 1. The molecule has 0 bridgehead atoms. The van der Waals surface area contributed by atoms with E-state index in [1.54, 1.807) is 0 Å². The van der Waals surface area contributed by atoms with Gasteiger partial charge in [0, 0.05) is 5.33 Å². The normalized spacial score (nSPS) is 14.3. The molecule has 5 heteroatoms. The van der Waals surface area contributed by atoms with Crippen molar-refractivity contribution in [3.8, 4) is 11.5 Å². The second kappa shape index (κ2) is 6.54. The Hall–Kier alpha value is -2.14. The number of ketones is 2. The minimum Gasteiger partial charge on any atom is -0.485 e. The van der Waals surface area contributed by atoms with Crippen molar-refractivity contribution in [2.24, 2.45) is 0 Å². The van der Waals surface area contributed by atoms with Gasteiger partial charge in [-0.15, -0.1) is 0 Å². The van der Waals surface area contributed by atoms with Crippen LogP contribution in [0.5, 0.6) is 11.5 Å². The first-order valence-corrected chi connectivity index (χ1v) is 8.32. The number of ether oxygens (including phenoxy) is 2. The van der Waals surface area contributed by atoms with Crippen LogP contribution >= 0.6 is 15.9 Å².